The predicted molar refractivity (Wildman–Crippen MR) is 75.0 cm³/mol. The Morgan fingerprint density at radius 2 is 2.32 bits per heavy atom. The molecule has 1 aromatic heterocycles. The van der Waals surface area contributed by atoms with Crippen LogP contribution >= 0.6 is 11.6 Å². The van der Waals surface area contributed by atoms with Crippen LogP contribution in [0.15, 0.2) is 36.7 Å². The fourth-order valence-corrected chi connectivity index (χ4v) is 1.78. The molecule has 0 bridgehead atoms. The number of carbonyl (C=O) groups excluding carboxylic acids is 1. The van der Waals surface area contributed by atoms with Gasteiger partial charge in [-0.2, -0.15) is 5.10 Å². The van der Waals surface area contributed by atoms with Crippen LogP contribution in [0.1, 0.15) is 16.8 Å². The van der Waals surface area contributed by atoms with Crippen LogP contribution in [-0.2, 0) is 6.54 Å². The minimum absolute atomic E-state index is 0.149. The summed E-state index contributed by atoms with van der Waals surface area (Å²) in [5.41, 5.74) is 6.58. The van der Waals surface area contributed by atoms with E-state index in [2.05, 4.69) is 10.4 Å². The number of rotatable bonds is 5. The minimum Gasteiger partial charge on any atom is -0.398 e. The van der Waals surface area contributed by atoms with Crippen molar-refractivity contribution in [3.8, 4) is 0 Å². The van der Waals surface area contributed by atoms with Gasteiger partial charge in [-0.05, 0) is 30.7 Å². The maximum Gasteiger partial charge on any atom is 0.251 e. The lowest BCUT2D eigenvalue weighted by Gasteiger charge is -2.06. The molecule has 0 radical (unpaired) electrons. The van der Waals surface area contributed by atoms with Crippen molar-refractivity contribution < 1.29 is 4.79 Å². The highest BCUT2D eigenvalue weighted by Gasteiger charge is 2.06. The van der Waals surface area contributed by atoms with Crippen molar-refractivity contribution in [1.29, 1.82) is 0 Å². The summed E-state index contributed by atoms with van der Waals surface area (Å²) in [5, 5.41) is 7.37. The van der Waals surface area contributed by atoms with E-state index in [0.29, 0.717) is 22.8 Å². The zero-order chi connectivity index (χ0) is 13.7. The Morgan fingerprint density at radius 3 is 3.00 bits per heavy atom. The van der Waals surface area contributed by atoms with Gasteiger partial charge in [0.05, 0.1) is 10.7 Å². The Balaban J connectivity index is 1.79. The van der Waals surface area contributed by atoms with E-state index in [1.165, 1.54) is 0 Å². The van der Waals surface area contributed by atoms with Gasteiger partial charge in [-0.25, -0.2) is 0 Å². The zero-order valence-corrected chi connectivity index (χ0v) is 11.1. The number of anilines is 1. The summed E-state index contributed by atoms with van der Waals surface area (Å²) in [6.07, 6.45) is 4.44. The molecule has 0 spiro atoms. The quantitative estimate of drug-likeness (QED) is 0.648. The molecule has 0 aliphatic heterocycles. The van der Waals surface area contributed by atoms with Gasteiger partial charge < -0.3 is 11.1 Å². The second-order valence-electron chi connectivity index (χ2n) is 4.11. The smallest absolute Gasteiger partial charge is 0.251 e. The summed E-state index contributed by atoms with van der Waals surface area (Å²) >= 11 is 5.80. The molecule has 1 amide bonds. The van der Waals surface area contributed by atoms with Gasteiger partial charge in [0, 0.05) is 31.0 Å². The molecule has 2 aromatic rings. The molecule has 6 heteroatoms. The molecule has 0 aliphatic rings. The Bertz CT molecular complexity index is 554. The van der Waals surface area contributed by atoms with Crippen molar-refractivity contribution in [2.75, 3.05) is 12.3 Å². The molecule has 2 rings (SSSR count). The van der Waals surface area contributed by atoms with Gasteiger partial charge in [-0.15, -0.1) is 0 Å². The van der Waals surface area contributed by atoms with Gasteiger partial charge in [0.2, 0.25) is 0 Å². The number of nitrogens with zero attached hydrogens (tertiary/aromatic N) is 2. The molecule has 0 saturated carbocycles. The largest absolute Gasteiger partial charge is 0.398 e. The molecule has 1 heterocycles. The average molecular weight is 279 g/mol. The van der Waals surface area contributed by atoms with E-state index in [-0.39, 0.29) is 5.91 Å². The summed E-state index contributed by atoms with van der Waals surface area (Å²) < 4.78 is 1.83. The van der Waals surface area contributed by atoms with Crippen LogP contribution in [0, 0.1) is 0 Å². The fraction of sp³-hybridized carbons (Fsp3) is 0.231. The maximum absolute atomic E-state index is 11.8. The Kier molecular flexibility index (Phi) is 4.41. The van der Waals surface area contributed by atoms with Crippen molar-refractivity contribution in [2.45, 2.75) is 13.0 Å². The number of nitrogens with one attached hydrogen (secondary N) is 1. The second kappa shape index (κ2) is 6.24. The number of benzene rings is 1. The van der Waals surface area contributed by atoms with Crippen LogP contribution in [0.3, 0.4) is 0 Å². The monoisotopic (exact) mass is 278 g/mol. The number of aromatic nitrogens is 2. The molecule has 0 aliphatic carbocycles. The number of amides is 1. The lowest BCUT2D eigenvalue weighted by Crippen LogP contribution is -2.25. The van der Waals surface area contributed by atoms with Gasteiger partial charge in [0.25, 0.3) is 5.91 Å². The molecular weight excluding hydrogens is 264 g/mol. The van der Waals surface area contributed by atoms with Crippen molar-refractivity contribution in [1.82, 2.24) is 15.1 Å². The first-order valence-corrected chi connectivity index (χ1v) is 6.35. The van der Waals surface area contributed by atoms with E-state index >= 15 is 0 Å². The minimum atomic E-state index is -0.149. The molecule has 0 saturated heterocycles. The summed E-state index contributed by atoms with van der Waals surface area (Å²) in [5.74, 6) is -0.149. The number of nitrogen functional groups attached to an aromatic ring is 1. The molecule has 0 unspecified atom stereocenters. The molecule has 0 fully saturated rings. The Hall–Kier alpha value is -2.01. The standard InChI is InChI=1S/C13H15ClN4O/c14-11-4-3-10(9-12(11)15)13(19)16-5-1-7-18-8-2-6-17-18/h2-4,6,8-9H,1,5,7,15H2,(H,16,19). The number of nitrogens with two attached hydrogens (primary N) is 1. The number of aryl methyl sites for hydroxylation is 1. The topological polar surface area (TPSA) is 72.9 Å². The normalized spacial score (nSPS) is 10.4. The van der Waals surface area contributed by atoms with Gasteiger partial charge in [0.15, 0.2) is 0 Å². The van der Waals surface area contributed by atoms with Crippen molar-refractivity contribution in [3.05, 3.63) is 47.2 Å². The molecular formula is C13H15ClN4O. The molecule has 0 atom stereocenters. The highest BCUT2D eigenvalue weighted by molar-refractivity contribution is 6.33. The summed E-state index contributed by atoms with van der Waals surface area (Å²) in [6.45, 7) is 1.36. The molecule has 1 aromatic carbocycles. The van der Waals surface area contributed by atoms with Gasteiger partial charge in [-0.3, -0.25) is 9.48 Å². The van der Waals surface area contributed by atoms with E-state index in [9.17, 15) is 4.79 Å². The van der Waals surface area contributed by atoms with E-state index in [0.717, 1.165) is 13.0 Å². The molecule has 5 nitrogen and oxygen atoms in total. The highest BCUT2D eigenvalue weighted by atomic mass is 35.5. The van der Waals surface area contributed by atoms with E-state index in [1.807, 2.05) is 16.9 Å². The van der Waals surface area contributed by atoms with Gasteiger partial charge >= 0.3 is 0 Å². The van der Waals surface area contributed by atoms with E-state index < -0.39 is 0 Å². The van der Waals surface area contributed by atoms with Gasteiger partial charge in [-0.1, -0.05) is 11.6 Å². The third-order valence-electron chi connectivity index (χ3n) is 2.67. The van der Waals surface area contributed by atoms with Crippen LogP contribution in [0.5, 0.6) is 0 Å². The first-order chi connectivity index (χ1) is 9.16. The molecule has 3 N–H and O–H groups in total. The van der Waals surface area contributed by atoms with Crippen LogP contribution in [0.25, 0.3) is 0 Å². The Morgan fingerprint density at radius 1 is 1.47 bits per heavy atom. The zero-order valence-electron chi connectivity index (χ0n) is 10.3. The number of hydrogen-bond acceptors (Lipinski definition) is 3. The number of carbonyl (C=O) groups is 1. The van der Waals surface area contributed by atoms with Crippen molar-refractivity contribution >= 4 is 23.2 Å². The predicted octanol–water partition coefficient (Wildman–Crippen LogP) is 1.94. The third-order valence-corrected chi connectivity index (χ3v) is 3.01. The Labute approximate surface area is 116 Å². The summed E-state index contributed by atoms with van der Waals surface area (Å²) in [7, 11) is 0. The van der Waals surface area contributed by atoms with Crippen molar-refractivity contribution in [3.63, 3.8) is 0 Å². The van der Waals surface area contributed by atoms with Gasteiger partial charge in [0.1, 0.15) is 0 Å². The van der Waals surface area contributed by atoms with Crippen LogP contribution < -0.4 is 11.1 Å². The number of hydrogen-bond donors (Lipinski definition) is 2. The molecule has 19 heavy (non-hydrogen) atoms. The van der Waals surface area contributed by atoms with Crippen LogP contribution in [0.2, 0.25) is 5.02 Å². The second-order valence-corrected chi connectivity index (χ2v) is 4.52. The number of halogens is 1. The van der Waals surface area contributed by atoms with Crippen molar-refractivity contribution in [2.24, 2.45) is 0 Å². The first-order valence-electron chi connectivity index (χ1n) is 5.97. The SMILES string of the molecule is Nc1cc(C(=O)NCCCn2cccn2)ccc1Cl. The van der Waals surface area contributed by atoms with E-state index in [4.69, 9.17) is 17.3 Å². The van der Waals surface area contributed by atoms with Crippen LogP contribution in [-0.4, -0.2) is 22.2 Å². The summed E-state index contributed by atoms with van der Waals surface area (Å²) in [6, 6.07) is 6.72. The lowest BCUT2D eigenvalue weighted by molar-refractivity contribution is 0.0952. The first kappa shape index (κ1) is 13.4. The van der Waals surface area contributed by atoms with E-state index in [1.54, 1.807) is 24.4 Å². The lowest BCUT2D eigenvalue weighted by atomic mass is 10.2. The fourth-order valence-electron chi connectivity index (χ4n) is 1.66. The van der Waals surface area contributed by atoms with Crippen LogP contribution in [0.4, 0.5) is 5.69 Å². The maximum atomic E-state index is 11.8. The highest BCUT2D eigenvalue weighted by Crippen LogP contribution is 2.19. The molecule has 100 valence electrons. The third kappa shape index (κ3) is 3.72. The average Bonchev–Trinajstić information content (AvgIpc) is 2.91. The summed E-state index contributed by atoms with van der Waals surface area (Å²) in [4.78, 5) is 11.8.